The highest BCUT2D eigenvalue weighted by atomic mass is 31.2. The molecule has 0 bridgehead atoms. The summed E-state index contributed by atoms with van der Waals surface area (Å²) >= 11 is 0. The summed E-state index contributed by atoms with van der Waals surface area (Å²) in [5.74, 6) is -0.481. The summed E-state index contributed by atoms with van der Waals surface area (Å²) in [7, 11) is -3.08. The highest BCUT2D eigenvalue weighted by Gasteiger charge is 2.40. The van der Waals surface area contributed by atoms with Crippen LogP contribution in [0.4, 0.5) is 0 Å². The number of carbonyl (C=O) groups excluding carboxylic acids is 1. The number of nitrogens with one attached hydrogen (secondary N) is 2. The fourth-order valence-corrected chi connectivity index (χ4v) is 5.77. The normalized spacial score (nSPS) is 20.4. The Labute approximate surface area is 234 Å². The first-order chi connectivity index (χ1) is 19.7. The second kappa shape index (κ2) is 13.4. The highest BCUT2D eigenvalue weighted by Crippen LogP contribution is 2.46. The third kappa shape index (κ3) is 7.72. The smallest absolute Gasteiger partial charge is 0.459 e. The van der Waals surface area contributed by atoms with E-state index in [9.17, 15) is 18.9 Å². The minimum atomic E-state index is -4.30. The molecule has 0 amide bonds. The predicted molar refractivity (Wildman–Crippen MR) is 147 cm³/mol. The number of ether oxygens (including phenoxy) is 2. The van der Waals surface area contributed by atoms with Gasteiger partial charge in [-0.1, -0.05) is 53.6 Å². The molecule has 1 aliphatic rings. The van der Waals surface area contributed by atoms with Crippen LogP contribution in [0.25, 0.3) is 10.4 Å². The van der Waals surface area contributed by atoms with Crippen molar-refractivity contribution in [2.45, 2.75) is 44.2 Å². The molecular weight excluding hydrogens is 555 g/mol. The molecule has 4 rings (SSSR count). The lowest BCUT2D eigenvalue weighted by atomic mass is 10.1. The number of aromatic nitrogens is 2. The molecule has 2 N–H and O–H groups in total. The molecule has 2 unspecified atom stereocenters. The van der Waals surface area contributed by atoms with Crippen molar-refractivity contribution >= 4 is 13.7 Å². The monoisotopic (exact) mass is 584 g/mol. The molecule has 2 heterocycles. The van der Waals surface area contributed by atoms with Crippen LogP contribution in [0.1, 0.15) is 23.8 Å². The summed E-state index contributed by atoms with van der Waals surface area (Å²) in [6.45, 7) is 1.14. The zero-order valence-corrected chi connectivity index (χ0v) is 23.2. The summed E-state index contributed by atoms with van der Waals surface area (Å²) in [6.07, 6.45) is -0.297. The number of aryl methyl sites for hydroxylation is 1. The average molecular weight is 585 g/mol. The van der Waals surface area contributed by atoms with Crippen molar-refractivity contribution in [1.29, 1.82) is 0 Å². The number of esters is 1. The third-order valence-corrected chi connectivity index (χ3v) is 7.89. The Morgan fingerprint density at radius 1 is 1.22 bits per heavy atom. The van der Waals surface area contributed by atoms with Crippen LogP contribution in [0.15, 0.2) is 81.6 Å². The number of methoxy groups -OCH3 is 1. The van der Waals surface area contributed by atoms with Gasteiger partial charge in [0.1, 0.15) is 18.0 Å². The number of nitrogens with zero attached hydrogens (tertiary/aromatic N) is 4. The van der Waals surface area contributed by atoms with Crippen LogP contribution in [0.2, 0.25) is 0 Å². The Morgan fingerprint density at radius 2 is 1.90 bits per heavy atom. The van der Waals surface area contributed by atoms with Crippen molar-refractivity contribution in [3.05, 3.63) is 109 Å². The molecule has 0 aliphatic carbocycles. The fraction of sp³-hybridized carbons (Fsp3) is 0.346. The van der Waals surface area contributed by atoms with Gasteiger partial charge in [0.25, 0.3) is 5.56 Å². The lowest BCUT2D eigenvalue weighted by Gasteiger charge is -2.26. The predicted octanol–water partition coefficient (Wildman–Crippen LogP) is 3.39. The van der Waals surface area contributed by atoms with E-state index in [-0.39, 0.29) is 24.2 Å². The van der Waals surface area contributed by atoms with Gasteiger partial charge in [0.15, 0.2) is 0 Å². The van der Waals surface area contributed by atoms with Gasteiger partial charge in [-0.15, -0.1) is 0 Å². The average Bonchev–Trinajstić information content (AvgIpc) is 3.37. The third-order valence-electron chi connectivity index (χ3n) is 6.32. The number of carbonyl (C=O) groups is 1. The molecule has 0 radical (unpaired) electrons. The molecule has 1 aliphatic heterocycles. The van der Waals surface area contributed by atoms with Crippen molar-refractivity contribution in [3.8, 4) is 5.75 Å². The maximum atomic E-state index is 14.1. The second-order valence-corrected chi connectivity index (χ2v) is 10.9. The molecule has 1 saturated heterocycles. The van der Waals surface area contributed by atoms with E-state index < -0.39 is 56.0 Å². The van der Waals surface area contributed by atoms with Crippen molar-refractivity contribution in [1.82, 2.24) is 14.6 Å². The fourth-order valence-electron chi connectivity index (χ4n) is 4.27. The first-order valence-corrected chi connectivity index (χ1v) is 14.2. The van der Waals surface area contributed by atoms with Crippen LogP contribution in [0, 0.1) is 6.92 Å². The lowest BCUT2D eigenvalue weighted by Crippen LogP contribution is -2.39. The van der Waals surface area contributed by atoms with Crippen molar-refractivity contribution in [3.63, 3.8) is 0 Å². The molecule has 5 atom stereocenters. The summed E-state index contributed by atoms with van der Waals surface area (Å²) in [5.41, 5.74) is 8.93. The van der Waals surface area contributed by atoms with Crippen LogP contribution in [-0.4, -0.2) is 47.4 Å². The van der Waals surface area contributed by atoms with E-state index >= 15 is 0 Å². The second-order valence-electron chi connectivity index (χ2n) is 9.21. The number of azide groups is 1. The number of aromatic amines is 1. The molecular formula is C26H29N6O8P. The number of hydrogen-bond acceptors (Lipinski definition) is 9. The van der Waals surface area contributed by atoms with E-state index in [2.05, 4.69) is 20.1 Å². The van der Waals surface area contributed by atoms with Gasteiger partial charge in [0.2, 0.25) is 0 Å². The van der Waals surface area contributed by atoms with Gasteiger partial charge in [-0.05, 0) is 36.6 Å². The Balaban J connectivity index is 1.58. The van der Waals surface area contributed by atoms with E-state index in [1.54, 1.807) is 54.6 Å². The van der Waals surface area contributed by atoms with Gasteiger partial charge >= 0.3 is 19.4 Å². The molecule has 216 valence electrons. The number of hydrogen-bond donors (Lipinski definition) is 2. The van der Waals surface area contributed by atoms with Gasteiger partial charge in [0, 0.05) is 23.1 Å². The van der Waals surface area contributed by atoms with Gasteiger partial charge < -0.3 is 14.0 Å². The maximum absolute atomic E-state index is 14.1. The van der Waals surface area contributed by atoms with Crippen LogP contribution in [0.5, 0.6) is 5.75 Å². The Kier molecular flexibility index (Phi) is 9.77. The quantitative estimate of drug-likeness (QED) is 0.106. The topological polar surface area (TPSA) is 187 Å². The number of rotatable bonds is 12. The van der Waals surface area contributed by atoms with Crippen LogP contribution in [-0.2, 0) is 29.8 Å². The Morgan fingerprint density at radius 3 is 2.56 bits per heavy atom. The molecule has 0 saturated carbocycles. The molecule has 1 fully saturated rings. The largest absolute Gasteiger partial charge is 0.468 e. The molecule has 15 heteroatoms. The van der Waals surface area contributed by atoms with Gasteiger partial charge in [0.05, 0.1) is 25.9 Å². The molecule has 0 spiro atoms. The van der Waals surface area contributed by atoms with E-state index in [1.165, 1.54) is 24.8 Å². The summed E-state index contributed by atoms with van der Waals surface area (Å²) in [6, 6.07) is 15.4. The van der Waals surface area contributed by atoms with E-state index in [0.717, 1.165) is 5.56 Å². The first kappa shape index (κ1) is 29.8. The molecule has 1 aromatic heterocycles. The van der Waals surface area contributed by atoms with Crippen molar-refractivity contribution in [2.24, 2.45) is 5.11 Å². The first-order valence-electron chi connectivity index (χ1n) is 12.6. The highest BCUT2D eigenvalue weighted by molar-refractivity contribution is 7.52. The van der Waals surface area contributed by atoms with E-state index in [1.807, 2.05) is 6.07 Å². The van der Waals surface area contributed by atoms with E-state index in [4.69, 9.17) is 24.1 Å². The van der Waals surface area contributed by atoms with Crippen molar-refractivity contribution in [2.75, 3.05) is 13.7 Å². The standard InChI is InChI=1S/C26H29N6O8P/c1-17-15-32(26(35)28-24(17)33)23-14-20(29-31-27)22(39-23)16-38-41(36,40-19-11-7-4-8-12-19)30-21(25(34)37-2)13-18-9-5-3-6-10-18/h3-12,15,20-23H,13-14,16H2,1-2H3,(H,30,36)(H,28,33,35)/t20?,21-,22+,23+,41?/m0/s1. The molecule has 2 aromatic carbocycles. The summed E-state index contributed by atoms with van der Waals surface area (Å²) in [5, 5.41) is 6.45. The molecule has 41 heavy (non-hydrogen) atoms. The zero-order valence-electron chi connectivity index (χ0n) is 22.3. The van der Waals surface area contributed by atoms with Gasteiger partial charge in [-0.3, -0.25) is 23.7 Å². The van der Waals surface area contributed by atoms with E-state index in [0.29, 0.717) is 0 Å². The Hall–Kier alpha value is -4.19. The van der Waals surface area contributed by atoms with Gasteiger partial charge in [-0.25, -0.2) is 9.36 Å². The summed E-state index contributed by atoms with van der Waals surface area (Å²) < 4.78 is 37.7. The number of H-pyrrole nitrogens is 1. The minimum Gasteiger partial charge on any atom is -0.468 e. The van der Waals surface area contributed by atoms with Crippen molar-refractivity contribution < 1.29 is 27.9 Å². The van der Waals surface area contributed by atoms with Crippen LogP contribution in [0.3, 0.4) is 0 Å². The van der Waals surface area contributed by atoms with Crippen LogP contribution < -0.4 is 20.9 Å². The SMILES string of the molecule is COC(=O)[C@H](Cc1ccccc1)NP(=O)(OC[C@H]1O[C@@H](n2cc(C)c(=O)[nH]c2=O)CC1N=[N+]=[N-])Oc1ccccc1. The number of para-hydroxylation sites is 1. The lowest BCUT2D eigenvalue weighted by molar-refractivity contribution is -0.142. The molecule has 14 nitrogen and oxygen atoms in total. The minimum absolute atomic E-state index is 0.0829. The Bertz CT molecular complexity index is 1560. The van der Waals surface area contributed by atoms with Gasteiger partial charge in [-0.2, -0.15) is 5.09 Å². The molecule has 3 aromatic rings. The summed E-state index contributed by atoms with van der Waals surface area (Å²) in [4.78, 5) is 41.9. The zero-order chi connectivity index (χ0) is 29.4. The maximum Gasteiger partial charge on any atom is 0.459 e. The number of benzene rings is 2. The van der Waals surface area contributed by atoms with Crippen LogP contribution >= 0.6 is 7.75 Å².